The Morgan fingerprint density at radius 2 is 1.43 bits per heavy atom. The van der Waals surface area contributed by atoms with Crippen LogP contribution in [0.1, 0.15) is 50.2 Å². The Morgan fingerprint density at radius 1 is 0.810 bits per heavy atom. The van der Waals surface area contributed by atoms with Gasteiger partial charge >= 0.3 is 0 Å². The fourth-order valence-electron chi connectivity index (χ4n) is 2.71. The standard InChI is InChI=1S/C19H24O2/c1-2-3-4-8-15-19(21,16-9-6-5-7-10-16)17-11-13-18(20)14-12-17/h5-7,9-14,20-21H,2-4,8,15H2,1H3. The van der Waals surface area contributed by atoms with Gasteiger partial charge in [-0.05, 0) is 36.1 Å². The highest BCUT2D eigenvalue weighted by Crippen LogP contribution is 2.35. The zero-order valence-corrected chi connectivity index (χ0v) is 12.6. The molecule has 1 atom stereocenters. The van der Waals surface area contributed by atoms with Gasteiger partial charge in [-0.2, -0.15) is 0 Å². The summed E-state index contributed by atoms with van der Waals surface area (Å²) in [4.78, 5) is 0. The highest BCUT2D eigenvalue weighted by Gasteiger charge is 2.30. The zero-order chi connectivity index (χ0) is 15.1. The first-order valence-corrected chi connectivity index (χ1v) is 7.74. The van der Waals surface area contributed by atoms with Crippen molar-refractivity contribution >= 4 is 0 Å². The third-order valence-corrected chi connectivity index (χ3v) is 3.99. The van der Waals surface area contributed by atoms with Gasteiger partial charge in [0, 0.05) is 0 Å². The van der Waals surface area contributed by atoms with E-state index >= 15 is 0 Å². The van der Waals surface area contributed by atoms with Crippen LogP contribution >= 0.6 is 0 Å². The largest absolute Gasteiger partial charge is 0.508 e. The summed E-state index contributed by atoms with van der Waals surface area (Å²) in [6.07, 6.45) is 5.19. The Balaban J connectivity index is 2.27. The lowest BCUT2D eigenvalue weighted by atomic mass is 9.82. The van der Waals surface area contributed by atoms with Gasteiger partial charge in [-0.3, -0.25) is 0 Å². The van der Waals surface area contributed by atoms with E-state index in [0.29, 0.717) is 6.42 Å². The number of rotatable bonds is 7. The smallest absolute Gasteiger partial charge is 0.115 e. The predicted octanol–water partition coefficient (Wildman–Crippen LogP) is 4.60. The minimum atomic E-state index is -0.983. The molecule has 2 heteroatoms. The molecule has 0 heterocycles. The SMILES string of the molecule is CCCCCCC(O)(c1ccccc1)c1ccc(O)cc1. The molecule has 0 saturated carbocycles. The summed E-state index contributed by atoms with van der Waals surface area (Å²) in [6.45, 7) is 2.18. The molecule has 2 N–H and O–H groups in total. The van der Waals surface area contributed by atoms with E-state index in [1.54, 1.807) is 12.1 Å². The van der Waals surface area contributed by atoms with Crippen LogP contribution in [0.15, 0.2) is 54.6 Å². The zero-order valence-electron chi connectivity index (χ0n) is 12.6. The van der Waals surface area contributed by atoms with Crippen LogP contribution in [0.5, 0.6) is 5.75 Å². The van der Waals surface area contributed by atoms with Crippen molar-refractivity contribution in [3.05, 3.63) is 65.7 Å². The minimum absolute atomic E-state index is 0.222. The molecule has 112 valence electrons. The summed E-state index contributed by atoms with van der Waals surface area (Å²) in [5.74, 6) is 0.222. The fraction of sp³-hybridized carbons (Fsp3) is 0.368. The molecule has 1 unspecified atom stereocenters. The van der Waals surface area contributed by atoms with Crippen LogP contribution in [0.4, 0.5) is 0 Å². The topological polar surface area (TPSA) is 40.5 Å². The molecule has 0 fully saturated rings. The number of hydrogen-bond donors (Lipinski definition) is 2. The van der Waals surface area contributed by atoms with E-state index in [4.69, 9.17) is 0 Å². The molecule has 0 saturated heterocycles. The van der Waals surface area contributed by atoms with Crippen molar-refractivity contribution in [2.24, 2.45) is 0 Å². The number of unbranched alkanes of at least 4 members (excludes halogenated alkanes) is 3. The van der Waals surface area contributed by atoms with Gasteiger partial charge < -0.3 is 10.2 Å². The van der Waals surface area contributed by atoms with Crippen molar-refractivity contribution in [3.63, 3.8) is 0 Å². The third-order valence-electron chi connectivity index (χ3n) is 3.99. The van der Waals surface area contributed by atoms with Crippen molar-refractivity contribution < 1.29 is 10.2 Å². The number of aliphatic hydroxyl groups is 1. The summed E-state index contributed by atoms with van der Waals surface area (Å²) in [6, 6.07) is 16.7. The number of hydrogen-bond acceptors (Lipinski definition) is 2. The summed E-state index contributed by atoms with van der Waals surface area (Å²) in [7, 11) is 0. The highest BCUT2D eigenvalue weighted by atomic mass is 16.3. The molecule has 0 aliphatic rings. The minimum Gasteiger partial charge on any atom is -0.508 e. The second kappa shape index (κ2) is 7.28. The van der Waals surface area contributed by atoms with Crippen LogP contribution in [0.2, 0.25) is 0 Å². The second-order valence-electron chi connectivity index (χ2n) is 5.58. The first kappa shape index (κ1) is 15.6. The van der Waals surface area contributed by atoms with Crippen LogP contribution < -0.4 is 0 Å². The van der Waals surface area contributed by atoms with Crippen molar-refractivity contribution in [2.75, 3.05) is 0 Å². The Kier molecular flexibility index (Phi) is 5.40. The molecular weight excluding hydrogens is 260 g/mol. The molecule has 2 rings (SSSR count). The average molecular weight is 284 g/mol. The van der Waals surface area contributed by atoms with Gasteiger partial charge in [0.2, 0.25) is 0 Å². The summed E-state index contributed by atoms with van der Waals surface area (Å²) in [5, 5.41) is 20.7. The lowest BCUT2D eigenvalue weighted by Crippen LogP contribution is -2.27. The van der Waals surface area contributed by atoms with E-state index in [0.717, 1.165) is 24.0 Å². The number of benzene rings is 2. The normalized spacial score (nSPS) is 13.8. The Hall–Kier alpha value is -1.80. The molecular formula is C19H24O2. The maximum atomic E-state index is 11.3. The van der Waals surface area contributed by atoms with E-state index in [9.17, 15) is 10.2 Å². The van der Waals surface area contributed by atoms with Crippen molar-refractivity contribution in [2.45, 2.75) is 44.6 Å². The van der Waals surface area contributed by atoms with Gasteiger partial charge in [0.1, 0.15) is 11.4 Å². The van der Waals surface area contributed by atoms with E-state index in [1.165, 1.54) is 12.8 Å². The number of aromatic hydroxyl groups is 1. The Bertz CT molecular complexity index is 533. The molecule has 2 aromatic carbocycles. The Morgan fingerprint density at radius 3 is 2.05 bits per heavy atom. The fourth-order valence-corrected chi connectivity index (χ4v) is 2.71. The van der Waals surface area contributed by atoms with Gasteiger partial charge in [0.05, 0.1) is 0 Å². The van der Waals surface area contributed by atoms with E-state index < -0.39 is 5.60 Å². The van der Waals surface area contributed by atoms with Gasteiger partial charge in [-0.15, -0.1) is 0 Å². The summed E-state index contributed by atoms with van der Waals surface area (Å²) in [5.41, 5.74) is 0.762. The molecule has 0 spiro atoms. The van der Waals surface area contributed by atoms with E-state index in [1.807, 2.05) is 42.5 Å². The van der Waals surface area contributed by atoms with Crippen molar-refractivity contribution in [1.82, 2.24) is 0 Å². The average Bonchev–Trinajstić information content (AvgIpc) is 2.53. The molecule has 0 aliphatic heterocycles. The maximum absolute atomic E-state index is 11.3. The molecule has 0 aromatic heterocycles. The summed E-state index contributed by atoms with van der Waals surface area (Å²) >= 11 is 0. The monoisotopic (exact) mass is 284 g/mol. The molecule has 0 radical (unpaired) electrons. The van der Waals surface area contributed by atoms with Crippen LogP contribution in [-0.2, 0) is 5.60 Å². The lowest BCUT2D eigenvalue weighted by molar-refractivity contribution is 0.0678. The van der Waals surface area contributed by atoms with Gasteiger partial charge in [0.15, 0.2) is 0 Å². The molecule has 2 aromatic rings. The van der Waals surface area contributed by atoms with Gasteiger partial charge in [0.25, 0.3) is 0 Å². The number of phenolic OH excluding ortho intramolecular Hbond substituents is 1. The van der Waals surface area contributed by atoms with Crippen LogP contribution in [-0.4, -0.2) is 10.2 Å². The second-order valence-corrected chi connectivity index (χ2v) is 5.58. The van der Waals surface area contributed by atoms with Crippen molar-refractivity contribution in [3.8, 4) is 5.75 Å². The lowest BCUT2D eigenvalue weighted by Gasteiger charge is -2.29. The first-order chi connectivity index (χ1) is 10.2. The van der Waals surface area contributed by atoms with Crippen LogP contribution in [0.3, 0.4) is 0 Å². The van der Waals surface area contributed by atoms with Gasteiger partial charge in [-0.25, -0.2) is 0 Å². The molecule has 0 aliphatic carbocycles. The highest BCUT2D eigenvalue weighted by molar-refractivity contribution is 5.38. The van der Waals surface area contributed by atoms with Gasteiger partial charge in [-0.1, -0.05) is 68.7 Å². The Labute approximate surface area is 127 Å². The quantitative estimate of drug-likeness (QED) is 0.730. The third kappa shape index (κ3) is 3.85. The van der Waals surface area contributed by atoms with E-state index in [2.05, 4.69) is 6.92 Å². The summed E-state index contributed by atoms with van der Waals surface area (Å²) < 4.78 is 0. The number of phenols is 1. The van der Waals surface area contributed by atoms with Crippen LogP contribution in [0, 0.1) is 0 Å². The van der Waals surface area contributed by atoms with Crippen LogP contribution in [0.25, 0.3) is 0 Å². The molecule has 0 amide bonds. The molecule has 0 bridgehead atoms. The van der Waals surface area contributed by atoms with Crippen molar-refractivity contribution in [1.29, 1.82) is 0 Å². The maximum Gasteiger partial charge on any atom is 0.115 e. The molecule has 21 heavy (non-hydrogen) atoms. The molecule has 2 nitrogen and oxygen atoms in total. The van der Waals surface area contributed by atoms with E-state index in [-0.39, 0.29) is 5.75 Å². The first-order valence-electron chi connectivity index (χ1n) is 7.74. The predicted molar refractivity (Wildman–Crippen MR) is 86.3 cm³/mol.